The molecular formula is C19H24N4O4S. The highest BCUT2D eigenvalue weighted by Gasteiger charge is 2.22. The molecule has 1 aromatic heterocycles. The maximum atomic E-state index is 12.7. The maximum absolute atomic E-state index is 12.7. The van der Waals surface area contributed by atoms with Gasteiger partial charge < -0.3 is 20.5 Å². The first-order valence-electron chi connectivity index (χ1n) is 8.81. The average molecular weight is 404 g/mol. The first-order valence-corrected chi connectivity index (χ1v) is 9.69. The molecule has 0 aliphatic carbocycles. The van der Waals surface area contributed by atoms with E-state index < -0.39 is 11.2 Å². The molecule has 0 radical (unpaired) electrons. The van der Waals surface area contributed by atoms with E-state index in [0.717, 1.165) is 5.56 Å². The highest BCUT2D eigenvalue weighted by atomic mass is 32.2. The van der Waals surface area contributed by atoms with Crippen LogP contribution in [-0.2, 0) is 9.53 Å². The Hall–Kier alpha value is -2.81. The molecular weight excluding hydrogens is 380 g/mol. The SMILES string of the molecule is CCOC(=O)c1cnc(S[C@@H](CC)C(=O)Nc2cc(C)ccc2OC)nc1N. The van der Waals surface area contributed by atoms with E-state index >= 15 is 0 Å². The number of amides is 1. The highest BCUT2D eigenvalue weighted by molar-refractivity contribution is 8.00. The van der Waals surface area contributed by atoms with Gasteiger partial charge in [0.1, 0.15) is 17.1 Å². The molecule has 150 valence electrons. The number of esters is 1. The second-order valence-electron chi connectivity index (χ2n) is 5.88. The van der Waals surface area contributed by atoms with Crippen LogP contribution in [0.2, 0.25) is 0 Å². The van der Waals surface area contributed by atoms with Crippen molar-refractivity contribution in [3.05, 3.63) is 35.5 Å². The van der Waals surface area contributed by atoms with Gasteiger partial charge in [-0.1, -0.05) is 24.8 Å². The molecule has 0 aliphatic heterocycles. The number of nitrogens with two attached hydrogens (primary N) is 1. The zero-order valence-corrected chi connectivity index (χ0v) is 17.1. The summed E-state index contributed by atoms with van der Waals surface area (Å²) in [4.78, 5) is 32.8. The molecule has 9 heteroatoms. The second-order valence-corrected chi connectivity index (χ2v) is 7.05. The van der Waals surface area contributed by atoms with E-state index in [1.807, 2.05) is 26.0 Å². The predicted octanol–water partition coefficient (Wildman–Crippen LogP) is 3.06. The first kappa shape index (κ1) is 21.5. The lowest BCUT2D eigenvalue weighted by Crippen LogP contribution is -2.25. The van der Waals surface area contributed by atoms with Gasteiger partial charge >= 0.3 is 5.97 Å². The number of rotatable bonds is 8. The van der Waals surface area contributed by atoms with E-state index in [-0.39, 0.29) is 23.9 Å². The van der Waals surface area contributed by atoms with Crippen LogP contribution in [0, 0.1) is 6.92 Å². The fourth-order valence-electron chi connectivity index (χ4n) is 2.38. The highest BCUT2D eigenvalue weighted by Crippen LogP contribution is 2.29. The molecule has 1 atom stereocenters. The number of carbonyl (C=O) groups is 2. The summed E-state index contributed by atoms with van der Waals surface area (Å²) in [5, 5.41) is 2.75. The number of hydrogen-bond donors (Lipinski definition) is 2. The van der Waals surface area contributed by atoms with Crippen molar-refractivity contribution in [2.45, 2.75) is 37.6 Å². The summed E-state index contributed by atoms with van der Waals surface area (Å²) >= 11 is 1.17. The number of carbonyl (C=O) groups excluding carboxylic acids is 2. The molecule has 0 unspecified atom stereocenters. The van der Waals surface area contributed by atoms with Crippen LogP contribution in [0.1, 0.15) is 36.2 Å². The van der Waals surface area contributed by atoms with Gasteiger partial charge in [-0.3, -0.25) is 4.79 Å². The van der Waals surface area contributed by atoms with E-state index in [9.17, 15) is 9.59 Å². The van der Waals surface area contributed by atoms with Crippen molar-refractivity contribution in [3.8, 4) is 5.75 Å². The lowest BCUT2D eigenvalue weighted by Gasteiger charge is -2.16. The minimum Gasteiger partial charge on any atom is -0.495 e. The number of thioether (sulfide) groups is 1. The van der Waals surface area contributed by atoms with Crippen LogP contribution in [0.15, 0.2) is 29.6 Å². The predicted molar refractivity (Wildman–Crippen MR) is 109 cm³/mol. The molecule has 0 saturated carbocycles. The molecule has 2 rings (SSSR count). The van der Waals surface area contributed by atoms with Crippen molar-refractivity contribution in [1.82, 2.24) is 9.97 Å². The van der Waals surface area contributed by atoms with Gasteiger partial charge in [-0.25, -0.2) is 14.8 Å². The molecule has 1 aromatic carbocycles. The van der Waals surface area contributed by atoms with E-state index in [0.29, 0.717) is 23.0 Å². The van der Waals surface area contributed by atoms with Gasteiger partial charge in [-0.05, 0) is 38.0 Å². The lowest BCUT2D eigenvalue weighted by molar-refractivity contribution is -0.115. The Kier molecular flexibility index (Phi) is 7.62. The number of nitrogens with one attached hydrogen (secondary N) is 1. The number of aryl methyl sites for hydroxylation is 1. The van der Waals surface area contributed by atoms with E-state index in [1.165, 1.54) is 18.0 Å². The summed E-state index contributed by atoms with van der Waals surface area (Å²) in [5.41, 5.74) is 7.55. The van der Waals surface area contributed by atoms with Gasteiger partial charge in [0.2, 0.25) is 5.91 Å². The fraction of sp³-hybridized carbons (Fsp3) is 0.368. The van der Waals surface area contributed by atoms with Gasteiger partial charge in [0.05, 0.1) is 24.7 Å². The molecule has 1 amide bonds. The van der Waals surface area contributed by atoms with E-state index in [1.54, 1.807) is 20.1 Å². The molecule has 0 fully saturated rings. The Morgan fingerprint density at radius 2 is 2.07 bits per heavy atom. The molecule has 2 aromatic rings. The third-order valence-electron chi connectivity index (χ3n) is 3.82. The quantitative estimate of drug-likeness (QED) is 0.392. The van der Waals surface area contributed by atoms with Gasteiger partial charge in [-0.2, -0.15) is 0 Å². The largest absolute Gasteiger partial charge is 0.495 e. The van der Waals surface area contributed by atoms with Gasteiger partial charge in [0.15, 0.2) is 5.16 Å². The minimum atomic E-state index is -0.576. The summed E-state index contributed by atoms with van der Waals surface area (Å²) in [6.07, 6.45) is 1.87. The van der Waals surface area contributed by atoms with Crippen LogP contribution in [0.3, 0.4) is 0 Å². The standard InChI is InChI=1S/C19H24N4O4S/c1-5-15(17(24)22-13-9-11(3)7-8-14(13)26-4)28-19-21-10-12(16(20)23-19)18(25)27-6-2/h7-10,15H,5-6H2,1-4H3,(H,22,24)(H2,20,21,23)/t15-/m0/s1. The Labute approximate surface area is 168 Å². The van der Waals surface area contributed by atoms with Gasteiger partial charge in [0.25, 0.3) is 0 Å². The Morgan fingerprint density at radius 1 is 1.32 bits per heavy atom. The van der Waals surface area contributed by atoms with Crippen LogP contribution in [0.4, 0.5) is 11.5 Å². The van der Waals surface area contributed by atoms with E-state index in [2.05, 4.69) is 15.3 Å². The Balaban J connectivity index is 2.13. The number of aromatic nitrogens is 2. The fourth-order valence-corrected chi connectivity index (χ4v) is 3.23. The van der Waals surface area contributed by atoms with Crippen molar-refractivity contribution >= 4 is 35.1 Å². The zero-order valence-electron chi connectivity index (χ0n) is 16.3. The molecule has 0 aliphatic rings. The molecule has 8 nitrogen and oxygen atoms in total. The van der Waals surface area contributed by atoms with Crippen molar-refractivity contribution in [2.75, 3.05) is 24.8 Å². The van der Waals surface area contributed by atoms with Crippen LogP contribution in [0.25, 0.3) is 0 Å². The van der Waals surface area contributed by atoms with Gasteiger partial charge in [-0.15, -0.1) is 0 Å². The van der Waals surface area contributed by atoms with Crippen molar-refractivity contribution < 1.29 is 19.1 Å². The number of ether oxygens (including phenoxy) is 2. The lowest BCUT2D eigenvalue weighted by atomic mass is 10.2. The summed E-state index contributed by atoms with van der Waals surface area (Å²) in [7, 11) is 1.55. The third kappa shape index (κ3) is 5.35. The smallest absolute Gasteiger partial charge is 0.343 e. The Morgan fingerprint density at radius 3 is 2.68 bits per heavy atom. The summed E-state index contributed by atoms with van der Waals surface area (Å²) in [6, 6.07) is 5.55. The molecule has 0 saturated heterocycles. The van der Waals surface area contributed by atoms with Crippen molar-refractivity contribution in [3.63, 3.8) is 0 Å². The number of hydrogen-bond acceptors (Lipinski definition) is 8. The number of anilines is 2. The van der Waals surface area contributed by atoms with Crippen LogP contribution in [-0.4, -0.2) is 40.8 Å². The minimum absolute atomic E-state index is 0.0200. The zero-order chi connectivity index (χ0) is 20.7. The molecule has 1 heterocycles. The molecule has 0 spiro atoms. The summed E-state index contributed by atoms with van der Waals surface area (Å²) in [6.45, 7) is 5.76. The molecule has 28 heavy (non-hydrogen) atoms. The van der Waals surface area contributed by atoms with Crippen LogP contribution >= 0.6 is 11.8 Å². The average Bonchev–Trinajstić information content (AvgIpc) is 2.66. The molecule has 0 bridgehead atoms. The van der Waals surface area contributed by atoms with Gasteiger partial charge in [0, 0.05) is 6.20 Å². The van der Waals surface area contributed by atoms with Crippen molar-refractivity contribution in [2.24, 2.45) is 0 Å². The first-order chi connectivity index (χ1) is 13.4. The number of nitrogen functional groups attached to an aromatic ring is 1. The topological polar surface area (TPSA) is 116 Å². The summed E-state index contributed by atoms with van der Waals surface area (Å²) in [5.74, 6) is -0.175. The number of benzene rings is 1. The van der Waals surface area contributed by atoms with Crippen LogP contribution in [0.5, 0.6) is 5.75 Å². The third-order valence-corrected chi connectivity index (χ3v) is 5.05. The monoisotopic (exact) mass is 404 g/mol. The summed E-state index contributed by atoms with van der Waals surface area (Å²) < 4.78 is 10.2. The molecule has 3 N–H and O–H groups in total. The maximum Gasteiger partial charge on any atom is 0.343 e. The van der Waals surface area contributed by atoms with E-state index in [4.69, 9.17) is 15.2 Å². The number of methoxy groups -OCH3 is 1. The normalized spacial score (nSPS) is 11.6. The number of nitrogens with zero attached hydrogens (tertiary/aromatic N) is 2. The van der Waals surface area contributed by atoms with Crippen LogP contribution < -0.4 is 15.8 Å². The Bertz CT molecular complexity index is 860. The van der Waals surface area contributed by atoms with Crippen molar-refractivity contribution in [1.29, 1.82) is 0 Å². The second kappa shape index (κ2) is 9.93.